The van der Waals surface area contributed by atoms with Crippen molar-refractivity contribution in [2.75, 3.05) is 0 Å². The Kier molecular flexibility index (Phi) is 3.60. The lowest BCUT2D eigenvalue weighted by atomic mass is 10.3. The molecule has 2 N–H and O–H groups in total. The van der Waals surface area contributed by atoms with E-state index in [1.165, 1.54) is 0 Å². The lowest BCUT2D eigenvalue weighted by molar-refractivity contribution is 0.240. The maximum absolute atomic E-state index is 11.7. The third kappa shape index (κ3) is 2.94. The van der Waals surface area contributed by atoms with E-state index in [1.54, 1.807) is 23.7 Å². The van der Waals surface area contributed by atoms with E-state index in [0.29, 0.717) is 13.1 Å². The van der Waals surface area contributed by atoms with Crippen molar-refractivity contribution in [2.24, 2.45) is 0 Å². The second kappa shape index (κ2) is 5.70. The number of fused-ring (bicyclic) bond motifs is 1. The van der Waals surface area contributed by atoms with E-state index >= 15 is 0 Å². The van der Waals surface area contributed by atoms with Crippen molar-refractivity contribution in [1.82, 2.24) is 25.0 Å². The number of nitrogens with zero attached hydrogens (tertiary/aromatic N) is 3. The largest absolute Gasteiger partial charge is 0.334 e. The number of imidazole rings is 1. The van der Waals surface area contributed by atoms with Crippen molar-refractivity contribution in [3.63, 3.8) is 0 Å². The molecule has 0 aliphatic rings. The number of nitrogens with one attached hydrogen (secondary N) is 2. The molecule has 0 aliphatic heterocycles. The van der Waals surface area contributed by atoms with E-state index in [9.17, 15) is 4.79 Å². The molecule has 0 atom stereocenters. The van der Waals surface area contributed by atoms with Crippen LogP contribution < -0.4 is 10.6 Å². The molecule has 102 valence electrons. The first-order valence-corrected chi connectivity index (χ1v) is 7.01. The average Bonchev–Trinajstić information content (AvgIpc) is 3.05. The molecule has 3 heterocycles. The third-order valence-electron chi connectivity index (χ3n) is 2.78. The van der Waals surface area contributed by atoms with Crippen LogP contribution in [0, 0.1) is 0 Å². The first kappa shape index (κ1) is 12.6. The van der Waals surface area contributed by atoms with Crippen molar-refractivity contribution < 1.29 is 4.79 Å². The van der Waals surface area contributed by atoms with Crippen molar-refractivity contribution in [3.05, 3.63) is 53.6 Å². The van der Waals surface area contributed by atoms with E-state index in [1.807, 2.05) is 34.3 Å². The Labute approximate surface area is 119 Å². The number of pyridine rings is 1. The van der Waals surface area contributed by atoms with Gasteiger partial charge in [0.1, 0.15) is 0 Å². The van der Waals surface area contributed by atoms with Gasteiger partial charge >= 0.3 is 6.03 Å². The summed E-state index contributed by atoms with van der Waals surface area (Å²) in [6, 6.07) is 3.52. The molecule has 20 heavy (non-hydrogen) atoms. The molecular formula is C13H13N5OS. The second-order valence-electron chi connectivity index (χ2n) is 4.22. The van der Waals surface area contributed by atoms with Crippen LogP contribution in [0.5, 0.6) is 0 Å². The number of urea groups is 1. The summed E-state index contributed by atoms with van der Waals surface area (Å²) in [7, 11) is 0. The van der Waals surface area contributed by atoms with Gasteiger partial charge in [-0.2, -0.15) is 0 Å². The molecule has 0 saturated carbocycles. The molecule has 0 aromatic carbocycles. The van der Waals surface area contributed by atoms with E-state index in [2.05, 4.69) is 20.6 Å². The van der Waals surface area contributed by atoms with Gasteiger partial charge in [-0.3, -0.25) is 9.38 Å². The minimum atomic E-state index is -0.210. The molecule has 3 aromatic rings. The molecular weight excluding hydrogens is 274 g/mol. The van der Waals surface area contributed by atoms with E-state index < -0.39 is 0 Å². The van der Waals surface area contributed by atoms with E-state index in [0.717, 1.165) is 16.2 Å². The molecule has 3 rings (SSSR count). The summed E-state index contributed by atoms with van der Waals surface area (Å²) in [5.41, 5.74) is 1.86. The fourth-order valence-corrected chi connectivity index (χ4v) is 2.50. The Hall–Kier alpha value is -2.41. The fraction of sp³-hybridized carbons (Fsp3) is 0.154. The van der Waals surface area contributed by atoms with Crippen LogP contribution >= 0.6 is 11.3 Å². The van der Waals surface area contributed by atoms with Gasteiger partial charge in [-0.1, -0.05) is 0 Å². The Morgan fingerprint density at radius 1 is 1.25 bits per heavy atom. The molecule has 7 heteroatoms. The van der Waals surface area contributed by atoms with Crippen LogP contribution in [0.2, 0.25) is 0 Å². The molecule has 0 bridgehead atoms. The summed E-state index contributed by atoms with van der Waals surface area (Å²) >= 11 is 1.57. The molecule has 0 fully saturated rings. The lowest BCUT2D eigenvalue weighted by Gasteiger charge is -2.06. The summed E-state index contributed by atoms with van der Waals surface area (Å²) < 4.78 is 1.94. The van der Waals surface area contributed by atoms with Gasteiger partial charge < -0.3 is 10.6 Å². The average molecular weight is 287 g/mol. The number of carbonyl (C=O) groups excluding carboxylic acids is 1. The zero-order valence-electron chi connectivity index (χ0n) is 10.6. The summed E-state index contributed by atoms with van der Waals surface area (Å²) in [6.45, 7) is 0.892. The SMILES string of the molecule is O=C(NCc1ccncc1)NCc1cn2ccsc2n1. The van der Waals surface area contributed by atoms with Crippen LogP contribution in [0.1, 0.15) is 11.3 Å². The van der Waals surface area contributed by atoms with Crippen LogP contribution in [0.4, 0.5) is 4.79 Å². The number of hydrogen-bond acceptors (Lipinski definition) is 4. The van der Waals surface area contributed by atoms with Gasteiger partial charge in [0.2, 0.25) is 0 Å². The molecule has 0 aliphatic carbocycles. The quantitative estimate of drug-likeness (QED) is 0.768. The zero-order valence-corrected chi connectivity index (χ0v) is 11.4. The molecule has 3 aromatic heterocycles. The fourth-order valence-electron chi connectivity index (χ4n) is 1.78. The highest BCUT2D eigenvalue weighted by molar-refractivity contribution is 7.15. The topological polar surface area (TPSA) is 71.3 Å². The zero-order chi connectivity index (χ0) is 13.8. The van der Waals surface area contributed by atoms with Crippen LogP contribution in [0.3, 0.4) is 0 Å². The maximum Gasteiger partial charge on any atom is 0.315 e. The molecule has 0 spiro atoms. The van der Waals surface area contributed by atoms with Crippen LogP contribution in [-0.2, 0) is 13.1 Å². The van der Waals surface area contributed by atoms with Gasteiger partial charge in [-0.25, -0.2) is 9.78 Å². The highest BCUT2D eigenvalue weighted by Crippen LogP contribution is 2.10. The van der Waals surface area contributed by atoms with Gasteiger partial charge in [-0.15, -0.1) is 11.3 Å². The minimum absolute atomic E-state index is 0.210. The summed E-state index contributed by atoms with van der Waals surface area (Å²) in [5.74, 6) is 0. The second-order valence-corrected chi connectivity index (χ2v) is 5.09. The number of aromatic nitrogens is 3. The standard InChI is InChI=1S/C13H13N5OS/c19-12(15-7-10-1-3-14-4-2-10)16-8-11-9-18-5-6-20-13(18)17-11/h1-6,9H,7-8H2,(H2,15,16,19). The van der Waals surface area contributed by atoms with Gasteiger partial charge in [0.25, 0.3) is 0 Å². The molecule has 2 amide bonds. The van der Waals surface area contributed by atoms with Crippen LogP contribution in [-0.4, -0.2) is 20.4 Å². The van der Waals surface area contributed by atoms with Crippen LogP contribution in [0.15, 0.2) is 42.3 Å². The van der Waals surface area contributed by atoms with E-state index in [-0.39, 0.29) is 6.03 Å². The number of rotatable bonds is 4. The van der Waals surface area contributed by atoms with Crippen molar-refractivity contribution in [1.29, 1.82) is 0 Å². The van der Waals surface area contributed by atoms with Gasteiger partial charge in [0.15, 0.2) is 4.96 Å². The predicted molar refractivity (Wildman–Crippen MR) is 76.4 cm³/mol. The van der Waals surface area contributed by atoms with Crippen molar-refractivity contribution in [2.45, 2.75) is 13.1 Å². The molecule has 0 saturated heterocycles. The first-order chi connectivity index (χ1) is 9.81. The highest BCUT2D eigenvalue weighted by Gasteiger charge is 2.04. The summed E-state index contributed by atoms with van der Waals surface area (Å²) in [5, 5.41) is 7.54. The molecule has 0 radical (unpaired) electrons. The third-order valence-corrected chi connectivity index (χ3v) is 3.55. The normalized spacial score (nSPS) is 10.6. The van der Waals surface area contributed by atoms with E-state index in [4.69, 9.17) is 0 Å². The van der Waals surface area contributed by atoms with Gasteiger partial charge in [0.05, 0.1) is 12.2 Å². The van der Waals surface area contributed by atoms with Gasteiger partial charge in [0, 0.05) is 36.7 Å². The van der Waals surface area contributed by atoms with Crippen molar-refractivity contribution >= 4 is 22.3 Å². The Morgan fingerprint density at radius 3 is 2.85 bits per heavy atom. The molecule has 0 unspecified atom stereocenters. The maximum atomic E-state index is 11.7. The Morgan fingerprint density at radius 2 is 2.05 bits per heavy atom. The lowest BCUT2D eigenvalue weighted by Crippen LogP contribution is -2.34. The monoisotopic (exact) mass is 287 g/mol. The first-order valence-electron chi connectivity index (χ1n) is 6.13. The Bertz CT molecular complexity index is 677. The molecule has 6 nitrogen and oxygen atoms in total. The highest BCUT2D eigenvalue weighted by atomic mass is 32.1. The smallest absolute Gasteiger partial charge is 0.315 e. The summed E-state index contributed by atoms with van der Waals surface area (Å²) in [6.07, 6.45) is 7.26. The minimum Gasteiger partial charge on any atom is -0.334 e. The predicted octanol–water partition coefficient (Wildman–Crippen LogP) is 1.79. The number of hydrogen-bond donors (Lipinski definition) is 2. The van der Waals surface area contributed by atoms with Gasteiger partial charge in [-0.05, 0) is 17.7 Å². The Balaban J connectivity index is 1.48. The summed E-state index contributed by atoms with van der Waals surface area (Å²) in [4.78, 5) is 20.9. The van der Waals surface area contributed by atoms with Crippen LogP contribution in [0.25, 0.3) is 4.96 Å². The number of amides is 2. The number of carbonyl (C=O) groups is 1. The number of thiazole rings is 1. The van der Waals surface area contributed by atoms with Crippen molar-refractivity contribution in [3.8, 4) is 0 Å².